The number of carbonyl (C=O) groups excluding carboxylic acids is 2. The second-order valence-electron chi connectivity index (χ2n) is 10.9. The molecular formula is C28H44N2O5S. The number of nitrogens with zero attached hydrogens (tertiary/aromatic N) is 1. The number of rotatable bonds is 3. The van der Waals surface area contributed by atoms with Crippen molar-refractivity contribution >= 4 is 29.2 Å². The number of ketones is 1. The number of aliphatic hydroxyl groups is 2. The standard InChI is InChI=1S/C28H44N2O5S/c1-16-10-9-11-17(2)25(33)19(4)27(34)28(6,7)23(31)14-24(32)35-26(22(12-16)29-8)18(3)13-21-15-36-20(5)30-21/h12-13,15,17,19,22-23,25-26,29,31,33H,9-11,14H2,1-8H3/t17-,19+,22?,23-,25-,26+/m0/s1. The number of nitrogens with one attached hydrogen (secondary N) is 1. The maximum absolute atomic E-state index is 13.3. The lowest BCUT2D eigenvalue weighted by Crippen LogP contribution is -2.46. The van der Waals surface area contributed by atoms with E-state index in [2.05, 4.69) is 23.3 Å². The number of hydrogen-bond donors (Lipinski definition) is 3. The molecular weight excluding hydrogens is 476 g/mol. The summed E-state index contributed by atoms with van der Waals surface area (Å²) in [7, 11) is 1.82. The van der Waals surface area contributed by atoms with Gasteiger partial charge in [-0.2, -0.15) is 0 Å². The van der Waals surface area contributed by atoms with Crippen molar-refractivity contribution in [1.29, 1.82) is 0 Å². The molecule has 0 saturated carbocycles. The minimum Gasteiger partial charge on any atom is -0.456 e. The number of esters is 1. The van der Waals surface area contributed by atoms with Crippen LogP contribution in [0, 0.1) is 24.2 Å². The number of allylic oxidation sites excluding steroid dienone is 1. The predicted molar refractivity (Wildman–Crippen MR) is 145 cm³/mol. The summed E-state index contributed by atoms with van der Waals surface area (Å²) in [6.07, 6.45) is 3.48. The second-order valence-corrected chi connectivity index (χ2v) is 11.9. The number of cyclic esters (lactones) is 1. The van der Waals surface area contributed by atoms with E-state index in [9.17, 15) is 19.8 Å². The molecule has 2 heterocycles. The van der Waals surface area contributed by atoms with Crippen molar-refractivity contribution < 1.29 is 24.5 Å². The minimum absolute atomic E-state index is 0.0674. The van der Waals surface area contributed by atoms with Gasteiger partial charge in [0, 0.05) is 11.3 Å². The van der Waals surface area contributed by atoms with Crippen molar-refractivity contribution in [3.8, 4) is 0 Å². The molecule has 0 aliphatic carbocycles. The van der Waals surface area contributed by atoms with E-state index in [4.69, 9.17) is 4.74 Å². The first kappa shape index (κ1) is 30.4. The number of aromatic nitrogens is 1. The highest BCUT2D eigenvalue weighted by Gasteiger charge is 2.42. The Kier molecular flexibility index (Phi) is 11.0. The van der Waals surface area contributed by atoms with Crippen LogP contribution in [0.25, 0.3) is 6.08 Å². The molecule has 0 radical (unpaired) electrons. The molecule has 0 fully saturated rings. The lowest BCUT2D eigenvalue weighted by atomic mass is 9.73. The van der Waals surface area contributed by atoms with Gasteiger partial charge in [-0.15, -0.1) is 11.3 Å². The number of aliphatic hydroxyl groups excluding tert-OH is 2. The quantitative estimate of drug-likeness (QED) is 0.399. The van der Waals surface area contributed by atoms with Crippen molar-refractivity contribution in [2.45, 2.75) is 98.5 Å². The smallest absolute Gasteiger partial charge is 0.309 e. The number of Topliss-reactive ketones (excluding diaryl/α,β-unsaturated/α-hetero) is 1. The number of thiazole rings is 1. The summed E-state index contributed by atoms with van der Waals surface area (Å²) in [5, 5.41) is 27.9. The lowest BCUT2D eigenvalue weighted by molar-refractivity contribution is -0.154. The molecule has 0 saturated heterocycles. The van der Waals surface area contributed by atoms with Gasteiger partial charge in [-0.05, 0) is 64.6 Å². The van der Waals surface area contributed by atoms with E-state index in [1.54, 1.807) is 32.1 Å². The highest BCUT2D eigenvalue weighted by Crippen LogP contribution is 2.32. The number of carbonyl (C=O) groups is 2. The van der Waals surface area contributed by atoms with Crippen LogP contribution >= 0.6 is 11.3 Å². The van der Waals surface area contributed by atoms with Crippen molar-refractivity contribution in [3.63, 3.8) is 0 Å². The normalized spacial score (nSPS) is 31.6. The average molecular weight is 521 g/mol. The molecule has 0 amide bonds. The topological polar surface area (TPSA) is 109 Å². The summed E-state index contributed by atoms with van der Waals surface area (Å²) in [5.41, 5.74) is 1.57. The molecule has 202 valence electrons. The zero-order valence-corrected chi connectivity index (χ0v) is 23.8. The Balaban J connectivity index is 2.45. The summed E-state index contributed by atoms with van der Waals surface area (Å²) >= 11 is 1.55. The Bertz CT molecular complexity index is 967. The maximum atomic E-state index is 13.3. The molecule has 1 aliphatic heterocycles. The molecule has 0 aromatic carbocycles. The van der Waals surface area contributed by atoms with E-state index >= 15 is 0 Å². The van der Waals surface area contributed by atoms with Crippen molar-refractivity contribution in [2.75, 3.05) is 7.05 Å². The summed E-state index contributed by atoms with van der Waals surface area (Å²) in [4.78, 5) is 30.8. The summed E-state index contributed by atoms with van der Waals surface area (Å²) in [6.45, 7) is 12.8. The van der Waals surface area contributed by atoms with Crippen LogP contribution in [0.1, 0.15) is 77.9 Å². The van der Waals surface area contributed by atoms with Gasteiger partial charge in [-0.25, -0.2) is 4.98 Å². The van der Waals surface area contributed by atoms with Gasteiger partial charge in [0.1, 0.15) is 11.9 Å². The highest BCUT2D eigenvalue weighted by atomic mass is 32.1. The molecule has 36 heavy (non-hydrogen) atoms. The number of aryl methyl sites for hydroxylation is 1. The Morgan fingerprint density at radius 2 is 1.92 bits per heavy atom. The van der Waals surface area contributed by atoms with Gasteiger partial charge in [-0.3, -0.25) is 9.59 Å². The van der Waals surface area contributed by atoms with Crippen LogP contribution in [-0.4, -0.2) is 58.4 Å². The van der Waals surface area contributed by atoms with E-state index in [-0.39, 0.29) is 24.2 Å². The average Bonchev–Trinajstić information content (AvgIpc) is 3.22. The van der Waals surface area contributed by atoms with Crippen LogP contribution in [0.2, 0.25) is 0 Å². The van der Waals surface area contributed by atoms with Gasteiger partial charge in [-0.1, -0.05) is 39.3 Å². The first-order valence-corrected chi connectivity index (χ1v) is 13.7. The van der Waals surface area contributed by atoms with Crippen LogP contribution in [0.15, 0.2) is 22.6 Å². The second kappa shape index (κ2) is 13.1. The van der Waals surface area contributed by atoms with Crippen LogP contribution in [0.5, 0.6) is 0 Å². The van der Waals surface area contributed by atoms with E-state index in [0.29, 0.717) is 0 Å². The Hall–Kier alpha value is -1.87. The van der Waals surface area contributed by atoms with Gasteiger partial charge in [0.25, 0.3) is 0 Å². The van der Waals surface area contributed by atoms with Crippen molar-refractivity contribution in [2.24, 2.45) is 17.3 Å². The molecule has 1 aliphatic rings. The van der Waals surface area contributed by atoms with Crippen LogP contribution in [0.3, 0.4) is 0 Å². The molecule has 1 aromatic heterocycles. The molecule has 8 heteroatoms. The predicted octanol–water partition coefficient (Wildman–Crippen LogP) is 4.46. The lowest BCUT2D eigenvalue weighted by Gasteiger charge is -2.35. The SMILES string of the molecule is CNC1C=C(C)CCC[C@H](C)[C@H](O)[C@@H](C)C(=O)C(C)(C)[C@@H](O)CC(=O)O[C@@H]1C(C)=Cc1csc(C)n1. The zero-order chi connectivity index (χ0) is 27.2. The third kappa shape index (κ3) is 7.81. The monoisotopic (exact) mass is 520 g/mol. The van der Waals surface area contributed by atoms with Gasteiger partial charge >= 0.3 is 5.97 Å². The largest absolute Gasteiger partial charge is 0.456 e. The summed E-state index contributed by atoms with van der Waals surface area (Å²) in [6, 6.07) is -0.285. The van der Waals surface area contributed by atoms with Crippen molar-refractivity contribution in [1.82, 2.24) is 10.3 Å². The maximum Gasteiger partial charge on any atom is 0.309 e. The Morgan fingerprint density at radius 1 is 1.25 bits per heavy atom. The van der Waals surface area contributed by atoms with Crippen molar-refractivity contribution in [3.05, 3.63) is 33.3 Å². The zero-order valence-electron chi connectivity index (χ0n) is 23.0. The van der Waals surface area contributed by atoms with Crippen LogP contribution in [0.4, 0.5) is 0 Å². The number of likely N-dealkylation sites (N-methyl/N-ethyl adjacent to an activating group) is 1. The summed E-state index contributed by atoms with van der Waals surface area (Å²) in [5.74, 6) is -1.57. The molecule has 1 unspecified atom stereocenters. The van der Waals surface area contributed by atoms with Gasteiger partial charge in [0.15, 0.2) is 0 Å². The van der Waals surface area contributed by atoms with Gasteiger partial charge in [0.05, 0.1) is 40.8 Å². The third-order valence-corrected chi connectivity index (χ3v) is 8.20. The molecule has 1 aromatic rings. The molecule has 2 rings (SSSR count). The highest BCUT2D eigenvalue weighted by molar-refractivity contribution is 7.09. The molecule has 0 bridgehead atoms. The van der Waals surface area contributed by atoms with E-state index in [1.807, 2.05) is 39.3 Å². The minimum atomic E-state index is -1.24. The fraction of sp³-hybridized carbons (Fsp3) is 0.679. The molecule has 7 nitrogen and oxygen atoms in total. The first-order valence-electron chi connectivity index (χ1n) is 12.8. The van der Waals surface area contributed by atoms with Crippen LogP contribution in [-0.2, 0) is 14.3 Å². The van der Waals surface area contributed by atoms with E-state index < -0.39 is 35.6 Å². The van der Waals surface area contributed by atoms with Gasteiger partial charge < -0.3 is 20.3 Å². The van der Waals surface area contributed by atoms with E-state index in [1.165, 1.54) is 0 Å². The molecule has 0 spiro atoms. The first-order chi connectivity index (χ1) is 16.8. The van der Waals surface area contributed by atoms with Gasteiger partial charge in [0.2, 0.25) is 0 Å². The molecule has 6 atom stereocenters. The Morgan fingerprint density at radius 3 is 2.50 bits per heavy atom. The Labute approximate surface area is 220 Å². The fourth-order valence-corrected chi connectivity index (χ4v) is 5.37. The fourth-order valence-electron chi connectivity index (χ4n) is 4.80. The third-order valence-electron chi connectivity index (χ3n) is 7.41. The summed E-state index contributed by atoms with van der Waals surface area (Å²) < 4.78 is 5.95. The van der Waals surface area contributed by atoms with Crippen LogP contribution < -0.4 is 5.32 Å². The molecule has 3 N–H and O–H groups in total. The number of ether oxygens (including phenoxy) is 1. The number of hydrogen-bond acceptors (Lipinski definition) is 8. The van der Waals surface area contributed by atoms with E-state index in [0.717, 1.165) is 41.1 Å².